The maximum atomic E-state index is 11.5. The van der Waals surface area contributed by atoms with Crippen molar-refractivity contribution >= 4 is 5.91 Å². The summed E-state index contributed by atoms with van der Waals surface area (Å²) in [6, 6.07) is 0. The minimum absolute atomic E-state index is 0.0495. The summed E-state index contributed by atoms with van der Waals surface area (Å²) in [6.07, 6.45) is 4.90. The van der Waals surface area contributed by atoms with E-state index in [1.54, 1.807) is 12.4 Å². The molecule has 1 aromatic rings. The van der Waals surface area contributed by atoms with E-state index in [0.717, 1.165) is 12.0 Å². The number of carbonyl (C=O) groups excluding carboxylic acids is 1. The highest BCUT2D eigenvalue weighted by Crippen LogP contribution is 2.05. The fourth-order valence-electron chi connectivity index (χ4n) is 1.30. The van der Waals surface area contributed by atoms with E-state index in [2.05, 4.69) is 15.5 Å². The van der Waals surface area contributed by atoms with Crippen LogP contribution in [0.2, 0.25) is 0 Å². The Morgan fingerprint density at radius 1 is 1.73 bits per heavy atom. The van der Waals surface area contributed by atoms with Crippen molar-refractivity contribution in [3.05, 3.63) is 18.0 Å². The van der Waals surface area contributed by atoms with Crippen LogP contribution in [0.15, 0.2) is 12.4 Å². The van der Waals surface area contributed by atoms with Crippen LogP contribution >= 0.6 is 0 Å². The van der Waals surface area contributed by atoms with E-state index in [1.165, 1.54) is 0 Å². The minimum Gasteiger partial charge on any atom is -0.352 e. The molecule has 0 saturated carbocycles. The highest BCUT2D eigenvalue weighted by Gasteiger charge is 2.09. The Labute approximate surface area is 89.4 Å². The molecule has 15 heavy (non-hydrogen) atoms. The van der Waals surface area contributed by atoms with Crippen molar-refractivity contribution in [2.24, 2.45) is 11.7 Å². The third-order valence-electron chi connectivity index (χ3n) is 2.43. The number of rotatable bonds is 6. The van der Waals surface area contributed by atoms with E-state index in [1.807, 2.05) is 6.92 Å². The first kappa shape index (κ1) is 11.7. The highest BCUT2D eigenvalue weighted by atomic mass is 16.1. The summed E-state index contributed by atoms with van der Waals surface area (Å²) in [7, 11) is 0. The van der Waals surface area contributed by atoms with Crippen molar-refractivity contribution in [2.75, 3.05) is 6.54 Å². The number of H-pyrrole nitrogens is 1. The van der Waals surface area contributed by atoms with Gasteiger partial charge in [-0.15, -0.1) is 0 Å². The van der Waals surface area contributed by atoms with Crippen LogP contribution < -0.4 is 11.1 Å². The average Bonchev–Trinajstić information content (AvgIpc) is 2.75. The van der Waals surface area contributed by atoms with E-state index >= 15 is 0 Å². The summed E-state index contributed by atoms with van der Waals surface area (Å²) in [5, 5.41) is 9.32. The third-order valence-corrected chi connectivity index (χ3v) is 2.43. The zero-order chi connectivity index (χ0) is 11.1. The molecule has 0 fully saturated rings. The fraction of sp³-hybridized carbons (Fsp3) is 0.600. The standard InChI is InChI=1S/C10H18N4O/c1-2-8(4-11)3-10(15)12-5-9-6-13-14-7-9/h6-8H,2-5,11H2,1H3,(H,12,15)(H,13,14). The number of hydrogen-bond donors (Lipinski definition) is 3. The first-order chi connectivity index (χ1) is 7.26. The van der Waals surface area contributed by atoms with E-state index in [0.29, 0.717) is 19.5 Å². The second-order valence-corrected chi connectivity index (χ2v) is 3.60. The maximum Gasteiger partial charge on any atom is 0.220 e. The molecule has 1 atom stereocenters. The Balaban J connectivity index is 2.24. The van der Waals surface area contributed by atoms with Gasteiger partial charge in [0.25, 0.3) is 0 Å². The number of carbonyl (C=O) groups is 1. The van der Waals surface area contributed by atoms with Crippen molar-refractivity contribution < 1.29 is 4.79 Å². The first-order valence-electron chi connectivity index (χ1n) is 5.20. The molecule has 1 heterocycles. The summed E-state index contributed by atoms with van der Waals surface area (Å²) in [5.41, 5.74) is 6.50. The molecule has 0 aliphatic carbocycles. The van der Waals surface area contributed by atoms with Crippen molar-refractivity contribution in [1.29, 1.82) is 0 Å². The van der Waals surface area contributed by atoms with Gasteiger partial charge >= 0.3 is 0 Å². The molecule has 4 N–H and O–H groups in total. The molecule has 1 unspecified atom stereocenters. The minimum atomic E-state index is 0.0495. The number of aromatic nitrogens is 2. The van der Waals surface area contributed by atoms with Crippen LogP contribution in [-0.2, 0) is 11.3 Å². The summed E-state index contributed by atoms with van der Waals surface area (Å²) < 4.78 is 0. The predicted octanol–water partition coefficient (Wildman–Crippen LogP) is 0.401. The lowest BCUT2D eigenvalue weighted by molar-refractivity contribution is -0.122. The molecule has 84 valence electrons. The SMILES string of the molecule is CCC(CN)CC(=O)NCc1cn[nH]c1. The van der Waals surface area contributed by atoms with Gasteiger partial charge in [-0.1, -0.05) is 13.3 Å². The quantitative estimate of drug-likeness (QED) is 0.635. The lowest BCUT2D eigenvalue weighted by Gasteiger charge is -2.11. The predicted molar refractivity (Wildman–Crippen MR) is 57.9 cm³/mol. The Kier molecular flexibility index (Phi) is 4.83. The molecule has 0 radical (unpaired) electrons. The highest BCUT2D eigenvalue weighted by molar-refractivity contribution is 5.76. The summed E-state index contributed by atoms with van der Waals surface area (Å²) in [5.74, 6) is 0.336. The van der Waals surface area contributed by atoms with Gasteiger partial charge in [0.15, 0.2) is 0 Å². The first-order valence-corrected chi connectivity index (χ1v) is 5.20. The van der Waals surface area contributed by atoms with Gasteiger partial charge in [-0.3, -0.25) is 9.89 Å². The molecule has 0 aliphatic heterocycles. The van der Waals surface area contributed by atoms with E-state index in [9.17, 15) is 4.79 Å². The molecule has 0 aliphatic rings. The van der Waals surface area contributed by atoms with Crippen LogP contribution in [0.3, 0.4) is 0 Å². The van der Waals surface area contributed by atoms with E-state index < -0.39 is 0 Å². The lowest BCUT2D eigenvalue weighted by atomic mass is 10.0. The average molecular weight is 210 g/mol. The number of amides is 1. The molecule has 0 spiro atoms. The van der Waals surface area contributed by atoms with Gasteiger partial charge in [0.2, 0.25) is 5.91 Å². The molecule has 5 nitrogen and oxygen atoms in total. The zero-order valence-corrected chi connectivity index (χ0v) is 8.99. The van der Waals surface area contributed by atoms with Crippen LogP contribution in [0.1, 0.15) is 25.3 Å². The molecular weight excluding hydrogens is 192 g/mol. The van der Waals surface area contributed by atoms with Gasteiger partial charge in [0.05, 0.1) is 6.20 Å². The Hall–Kier alpha value is -1.36. The molecule has 1 amide bonds. The van der Waals surface area contributed by atoms with Gasteiger partial charge in [-0.05, 0) is 12.5 Å². The second-order valence-electron chi connectivity index (χ2n) is 3.60. The van der Waals surface area contributed by atoms with Crippen molar-refractivity contribution in [3.63, 3.8) is 0 Å². The monoisotopic (exact) mass is 210 g/mol. The fourth-order valence-corrected chi connectivity index (χ4v) is 1.30. The van der Waals surface area contributed by atoms with Crippen LogP contribution in [0, 0.1) is 5.92 Å². The smallest absolute Gasteiger partial charge is 0.220 e. The molecule has 0 saturated heterocycles. The van der Waals surface area contributed by atoms with Gasteiger partial charge in [0, 0.05) is 24.7 Å². The van der Waals surface area contributed by atoms with E-state index in [4.69, 9.17) is 5.73 Å². The van der Waals surface area contributed by atoms with Gasteiger partial charge in [-0.25, -0.2) is 0 Å². The van der Waals surface area contributed by atoms with Gasteiger partial charge in [-0.2, -0.15) is 5.10 Å². The van der Waals surface area contributed by atoms with E-state index in [-0.39, 0.29) is 11.8 Å². The van der Waals surface area contributed by atoms with Crippen molar-refractivity contribution in [3.8, 4) is 0 Å². The van der Waals surface area contributed by atoms with Crippen LogP contribution in [0.4, 0.5) is 0 Å². The summed E-state index contributed by atoms with van der Waals surface area (Å²) in [6.45, 7) is 3.13. The normalized spacial score (nSPS) is 12.4. The number of aromatic amines is 1. The van der Waals surface area contributed by atoms with Crippen LogP contribution in [0.5, 0.6) is 0 Å². The van der Waals surface area contributed by atoms with Crippen LogP contribution in [0.25, 0.3) is 0 Å². The summed E-state index contributed by atoms with van der Waals surface area (Å²) in [4.78, 5) is 11.5. The number of hydrogen-bond acceptors (Lipinski definition) is 3. The molecule has 1 aromatic heterocycles. The number of nitrogens with one attached hydrogen (secondary N) is 2. The Bertz CT molecular complexity index is 280. The molecular formula is C10H18N4O. The van der Waals surface area contributed by atoms with Gasteiger partial charge < -0.3 is 11.1 Å². The molecule has 5 heteroatoms. The third kappa shape index (κ3) is 4.12. The largest absolute Gasteiger partial charge is 0.352 e. The second kappa shape index (κ2) is 6.19. The molecule has 0 aromatic carbocycles. The van der Waals surface area contributed by atoms with Gasteiger partial charge in [0.1, 0.15) is 0 Å². The summed E-state index contributed by atoms with van der Waals surface area (Å²) >= 11 is 0. The van der Waals surface area contributed by atoms with Crippen molar-refractivity contribution in [1.82, 2.24) is 15.5 Å². The number of nitrogens with zero attached hydrogens (tertiary/aromatic N) is 1. The Morgan fingerprint density at radius 2 is 2.53 bits per heavy atom. The molecule has 0 bridgehead atoms. The number of nitrogens with two attached hydrogens (primary N) is 1. The topological polar surface area (TPSA) is 83.8 Å². The zero-order valence-electron chi connectivity index (χ0n) is 8.99. The Morgan fingerprint density at radius 3 is 3.07 bits per heavy atom. The lowest BCUT2D eigenvalue weighted by Crippen LogP contribution is -2.27. The van der Waals surface area contributed by atoms with Crippen LogP contribution in [-0.4, -0.2) is 22.6 Å². The molecule has 1 rings (SSSR count). The maximum absolute atomic E-state index is 11.5. The van der Waals surface area contributed by atoms with Crippen molar-refractivity contribution in [2.45, 2.75) is 26.3 Å².